The molecule has 0 aliphatic carbocycles. The number of sulfonamides is 1. The lowest BCUT2D eigenvalue weighted by Gasteiger charge is -2.32. The largest absolute Gasteiger partial charge is 0.468 e. The summed E-state index contributed by atoms with van der Waals surface area (Å²) in [4.78, 5) is 29.5. The second kappa shape index (κ2) is 10.4. The van der Waals surface area contributed by atoms with Crippen LogP contribution in [0.5, 0.6) is 0 Å². The van der Waals surface area contributed by atoms with Gasteiger partial charge in [-0.25, -0.2) is 8.42 Å². The minimum absolute atomic E-state index is 0.0661. The second-order valence-corrected chi connectivity index (χ2v) is 11.9. The predicted molar refractivity (Wildman–Crippen MR) is 135 cm³/mol. The molecule has 1 aliphatic heterocycles. The molecule has 0 saturated carbocycles. The molecular formula is C23H23Cl2N3O5S2. The molecule has 0 spiro atoms. The van der Waals surface area contributed by atoms with E-state index in [9.17, 15) is 18.0 Å². The monoisotopic (exact) mass is 555 g/mol. The molecule has 0 bridgehead atoms. The van der Waals surface area contributed by atoms with Crippen molar-refractivity contribution in [3.05, 3.63) is 56.8 Å². The summed E-state index contributed by atoms with van der Waals surface area (Å²) in [6.07, 6.45) is 2.66. The molecule has 1 saturated heterocycles. The number of esters is 1. The van der Waals surface area contributed by atoms with Crippen molar-refractivity contribution in [2.45, 2.75) is 43.7 Å². The number of piperidine rings is 1. The molecule has 3 aromatic rings. The van der Waals surface area contributed by atoms with Gasteiger partial charge in [0.05, 0.1) is 27.2 Å². The zero-order valence-electron chi connectivity index (χ0n) is 19.0. The Hall–Kier alpha value is -2.24. The van der Waals surface area contributed by atoms with E-state index in [1.54, 1.807) is 12.1 Å². The van der Waals surface area contributed by atoms with E-state index in [0.717, 1.165) is 30.6 Å². The van der Waals surface area contributed by atoms with Crippen LogP contribution in [0.1, 0.15) is 36.5 Å². The number of aromatic nitrogens is 1. The zero-order chi connectivity index (χ0) is 25.3. The average Bonchev–Trinajstić information content (AvgIpc) is 3.15. The lowest BCUT2D eigenvalue weighted by atomic mass is 10.1. The molecule has 0 N–H and O–H groups in total. The normalized spacial score (nSPS) is 17.6. The summed E-state index contributed by atoms with van der Waals surface area (Å²) in [6, 6.07) is 8.87. The molecule has 2 aromatic carbocycles. The van der Waals surface area contributed by atoms with Crippen LogP contribution in [0.3, 0.4) is 0 Å². The Morgan fingerprint density at radius 1 is 1.17 bits per heavy atom. The van der Waals surface area contributed by atoms with Crippen LogP contribution in [0.15, 0.2) is 46.3 Å². The summed E-state index contributed by atoms with van der Waals surface area (Å²) < 4.78 is 34.5. The standard InChI is InChI=1S/C23H23Cl2N3O5S2/c1-14-5-3-4-10-28(14)35(31,32)17-8-6-15(7-9-17)22(30)26-23-27(13-20(29)33-2)21-18(25)11-16(24)12-19(21)34-23/h6-9,11-12,14H,3-5,10,13H2,1-2H3. The van der Waals surface area contributed by atoms with E-state index >= 15 is 0 Å². The first-order valence-corrected chi connectivity index (χ1v) is 13.9. The highest BCUT2D eigenvalue weighted by atomic mass is 35.5. The summed E-state index contributed by atoms with van der Waals surface area (Å²) in [6.45, 7) is 2.19. The summed E-state index contributed by atoms with van der Waals surface area (Å²) in [5.74, 6) is -1.13. The quantitative estimate of drug-likeness (QED) is 0.432. The third-order valence-corrected chi connectivity index (χ3v) is 9.42. The van der Waals surface area contributed by atoms with E-state index < -0.39 is 21.9 Å². The molecule has 1 aromatic heterocycles. The molecule has 1 unspecified atom stereocenters. The lowest BCUT2D eigenvalue weighted by Crippen LogP contribution is -2.41. The first kappa shape index (κ1) is 25.8. The smallest absolute Gasteiger partial charge is 0.325 e. The maximum Gasteiger partial charge on any atom is 0.325 e. The van der Waals surface area contributed by atoms with Crippen LogP contribution < -0.4 is 4.80 Å². The molecule has 12 heteroatoms. The number of hydrogen-bond donors (Lipinski definition) is 0. The Labute approximate surface area is 216 Å². The van der Waals surface area contributed by atoms with Crippen molar-refractivity contribution in [3.63, 3.8) is 0 Å². The minimum Gasteiger partial charge on any atom is -0.468 e. The predicted octanol–water partition coefficient (Wildman–Crippen LogP) is 4.49. The van der Waals surface area contributed by atoms with Crippen molar-refractivity contribution in [2.24, 2.45) is 4.99 Å². The molecule has 8 nitrogen and oxygen atoms in total. The number of halogens is 2. The van der Waals surface area contributed by atoms with Gasteiger partial charge in [-0.15, -0.1) is 0 Å². The molecule has 0 radical (unpaired) electrons. The van der Waals surface area contributed by atoms with Gasteiger partial charge in [0, 0.05) is 23.2 Å². The fourth-order valence-electron chi connectivity index (χ4n) is 4.04. The number of ether oxygens (including phenoxy) is 1. The molecule has 4 rings (SSSR count). The zero-order valence-corrected chi connectivity index (χ0v) is 22.2. The van der Waals surface area contributed by atoms with Crippen LogP contribution in [-0.2, 0) is 26.1 Å². The SMILES string of the molecule is COC(=O)Cn1c(=NC(=O)c2ccc(S(=O)(=O)N3CCCCC3C)cc2)sc2cc(Cl)cc(Cl)c21. The molecule has 1 amide bonds. The molecule has 2 heterocycles. The van der Waals surface area contributed by atoms with E-state index in [4.69, 9.17) is 27.9 Å². The van der Waals surface area contributed by atoms with Crippen molar-refractivity contribution >= 4 is 66.7 Å². The maximum atomic E-state index is 13.1. The number of fused-ring (bicyclic) bond motifs is 1. The van der Waals surface area contributed by atoms with E-state index in [2.05, 4.69) is 4.99 Å². The minimum atomic E-state index is -3.65. The second-order valence-electron chi connectivity index (χ2n) is 8.18. The van der Waals surface area contributed by atoms with Gasteiger partial charge in [0.15, 0.2) is 4.80 Å². The van der Waals surface area contributed by atoms with Gasteiger partial charge in [0.2, 0.25) is 10.0 Å². The third-order valence-electron chi connectivity index (χ3n) is 5.86. The Morgan fingerprint density at radius 3 is 2.54 bits per heavy atom. The molecule has 35 heavy (non-hydrogen) atoms. The number of hydrogen-bond acceptors (Lipinski definition) is 6. The van der Waals surface area contributed by atoms with Crippen molar-refractivity contribution < 1.29 is 22.7 Å². The summed E-state index contributed by atoms with van der Waals surface area (Å²) in [5, 5.41) is 0.717. The average molecular weight is 556 g/mol. The number of carbonyl (C=O) groups excluding carboxylic acids is 2. The number of amides is 1. The van der Waals surface area contributed by atoms with Gasteiger partial charge in [0.25, 0.3) is 5.91 Å². The van der Waals surface area contributed by atoms with Crippen LogP contribution in [0.2, 0.25) is 10.0 Å². The summed E-state index contributed by atoms with van der Waals surface area (Å²) in [7, 11) is -2.39. The fourth-order valence-corrected chi connectivity index (χ4v) is 7.55. The first-order chi connectivity index (χ1) is 16.6. The van der Waals surface area contributed by atoms with Crippen LogP contribution in [-0.4, -0.2) is 48.9 Å². The van der Waals surface area contributed by atoms with Gasteiger partial charge in [-0.1, -0.05) is 41.0 Å². The van der Waals surface area contributed by atoms with Crippen LogP contribution in [0.4, 0.5) is 0 Å². The lowest BCUT2D eigenvalue weighted by molar-refractivity contribution is -0.141. The van der Waals surface area contributed by atoms with Gasteiger partial charge < -0.3 is 9.30 Å². The molecule has 186 valence electrons. The van der Waals surface area contributed by atoms with Gasteiger partial charge in [-0.05, 0) is 56.2 Å². The Kier molecular flexibility index (Phi) is 7.68. The van der Waals surface area contributed by atoms with Gasteiger partial charge >= 0.3 is 5.97 Å². The van der Waals surface area contributed by atoms with E-state index in [0.29, 0.717) is 26.8 Å². The van der Waals surface area contributed by atoms with Crippen LogP contribution in [0, 0.1) is 0 Å². The van der Waals surface area contributed by atoms with E-state index in [1.165, 1.54) is 40.2 Å². The van der Waals surface area contributed by atoms with E-state index in [1.807, 2.05) is 6.92 Å². The Morgan fingerprint density at radius 2 is 1.89 bits per heavy atom. The van der Waals surface area contributed by atoms with Crippen molar-refractivity contribution in [2.75, 3.05) is 13.7 Å². The number of thiazole rings is 1. The summed E-state index contributed by atoms with van der Waals surface area (Å²) in [5.41, 5.74) is 0.719. The highest BCUT2D eigenvalue weighted by Crippen LogP contribution is 2.30. The van der Waals surface area contributed by atoms with Crippen LogP contribution in [0.25, 0.3) is 10.2 Å². The van der Waals surface area contributed by atoms with Crippen molar-refractivity contribution in [1.82, 2.24) is 8.87 Å². The number of benzene rings is 2. The van der Waals surface area contributed by atoms with Gasteiger partial charge in [-0.3, -0.25) is 9.59 Å². The number of rotatable bonds is 5. The van der Waals surface area contributed by atoms with Gasteiger partial charge in [0.1, 0.15) is 6.54 Å². The highest BCUT2D eigenvalue weighted by Gasteiger charge is 2.31. The highest BCUT2D eigenvalue weighted by molar-refractivity contribution is 7.89. The molecule has 1 atom stereocenters. The van der Waals surface area contributed by atoms with E-state index in [-0.39, 0.29) is 27.8 Å². The first-order valence-electron chi connectivity index (χ1n) is 10.9. The summed E-state index contributed by atoms with van der Waals surface area (Å²) >= 11 is 13.6. The topological polar surface area (TPSA) is 98.0 Å². The van der Waals surface area contributed by atoms with Crippen LogP contribution >= 0.6 is 34.5 Å². The number of methoxy groups -OCH3 is 1. The van der Waals surface area contributed by atoms with Gasteiger partial charge in [-0.2, -0.15) is 9.30 Å². The molecule has 1 aliphatic rings. The molecule has 1 fully saturated rings. The van der Waals surface area contributed by atoms with Crippen molar-refractivity contribution in [1.29, 1.82) is 0 Å². The Bertz CT molecular complexity index is 1460. The molecular weight excluding hydrogens is 533 g/mol. The van der Waals surface area contributed by atoms with Crippen molar-refractivity contribution in [3.8, 4) is 0 Å². The Balaban J connectivity index is 1.70. The third kappa shape index (κ3) is 5.31. The number of nitrogens with zero attached hydrogens (tertiary/aromatic N) is 3. The maximum absolute atomic E-state index is 13.1. The fraction of sp³-hybridized carbons (Fsp3) is 0.348. The number of carbonyl (C=O) groups is 2.